The van der Waals surface area contributed by atoms with E-state index in [1.165, 1.54) is 4.90 Å². The maximum atomic E-state index is 13.4. The maximum Gasteiger partial charge on any atom is 0.295 e. The molecule has 2 heterocycles. The molecule has 1 saturated heterocycles. The molecule has 39 heavy (non-hydrogen) atoms. The summed E-state index contributed by atoms with van der Waals surface area (Å²) < 4.78 is 23.1. The average Bonchev–Trinajstić information content (AvgIpc) is 3.18. The molecule has 0 aromatic heterocycles. The molecular weight excluding hydrogens is 500 g/mol. The van der Waals surface area contributed by atoms with Gasteiger partial charge in [0.2, 0.25) is 0 Å². The molecule has 0 radical (unpaired) electrons. The summed E-state index contributed by atoms with van der Waals surface area (Å²) in [6, 6.07) is 9.64. The van der Waals surface area contributed by atoms with Crippen LogP contribution in [0.4, 0.5) is 0 Å². The molecule has 2 aromatic carbocycles. The number of carbonyl (C=O) groups is 2. The van der Waals surface area contributed by atoms with Crippen molar-refractivity contribution >= 4 is 17.4 Å². The van der Waals surface area contributed by atoms with Gasteiger partial charge in [-0.3, -0.25) is 9.59 Å². The van der Waals surface area contributed by atoms with Gasteiger partial charge in [0.15, 0.2) is 23.0 Å². The number of aliphatic hydroxyl groups excluding tert-OH is 1. The van der Waals surface area contributed by atoms with E-state index >= 15 is 0 Å². The van der Waals surface area contributed by atoms with E-state index in [1.807, 2.05) is 32.0 Å². The van der Waals surface area contributed by atoms with Crippen LogP contribution >= 0.6 is 0 Å². The van der Waals surface area contributed by atoms with E-state index in [1.54, 1.807) is 30.3 Å². The molecule has 1 atom stereocenters. The molecule has 0 saturated carbocycles. The molecule has 9 heteroatoms. The fourth-order valence-corrected chi connectivity index (χ4v) is 4.77. The summed E-state index contributed by atoms with van der Waals surface area (Å²) in [4.78, 5) is 30.3. The standard InChI is InChI=1S/C30H38N2O7/c1-5-7-15-37-22-11-9-20(18-24(22)36-6-2)27-26(29(34)30(35)32(27)14-8-13-31(3)4)28(33)21-10-12-23-25(19-21)39-17-16-38-23/h9-12,18-19,27,33H,5-8,13-17H2,1-4H3/b28-26+/t27-/m0/s1. The van der Waals surface area contributed by atoms with Crippen molar-refractivity contribution < 1.29 is 33.6 Å². The molecule has 0 aliphatic carbocycles. The van der Waals surface area contributed by atoms with Gasteiger partial charge in [0.05, 0.1) is 24.8 Å². The lowest BCUT2D eigenvalue weighted by Crippen LogP contribution is -2.32. The predicted molar refractivity (Wildman–Crippen MR) is 148 cm³/mol. The minimum atomic E-state index is -0.788. The van der Waals surface area contributed by atoms with E-state index in [4.69, 9.17) is 18.9 Å². The quantitative estimate of drug-likeness (QED) is 0.184. The SMILES string of the molecule is CCCCOc1ccc([C@H]2/C(=C(\O)c3ccc4c(c3)OCCO4)C(=O)C(=O)N2CCCN(C)C)cc1OCC. The van der Waals surface area contributed by atoms with Gasteiger partial charge in [0, 0.05) is 12.1 Å². The molecule has 2 aliphatic rings. The second-order valence-electron chi connectivity index (χ2n) is 9.85. The van der Waals surface area contributed by atoms with E-state index in [0.717, 1.165) is 19.4 Å². The van der Waals surface area contributed by atoms with Crippen LogP contribution in [0.25, 0.3) is 5.76 Å². The Morgan fingerprint density at radius 3 is 2.49 bits per heavy atom. The lowest BCUT2D eigenvalue weighted by atomic mass is 9.94. The monoisotopic (exact) mass is 538 g/mol. The Morgan fingerprint density at radius 2 is 1.77 bits per heavy atom. The zero-order chi connectivity index (χ0) is 27.9. The summed E-state index contributed by atoms with van der Waals surface area (Å²) in [5, 5.41) is 11.5. The van der Waals surface area contributed by atoms with Gasteiger partial charge in [-0.15, -0.1) is 0 Å². The molecule has 1 fully saturated rings. The molecule has 9 nitrogen and oxygen atoms in total. The molecule has 0 bridgehead atoms. The van der Waals surface area contributed by atoms with E-state index < -0.39 is 17.7 Å². The Morgan fingerprint density at radius 1 is 1.00 bits per heavy atom. The highest BCUT2D eigenvalue weighted by Gasteiger charge is 2.46. The van der Waals surface area contributed by atoms with Crippen molar-refractivity contribution in [1.82, 2.24) is 9.80 Å². The minimum Gasteiger partial charge on any atom is -0.507 e. The smallest absolute Gasteiger partial charge is 0.295 e. The molecule has 0 spiro atoms. The number of amides is 1. The third-order valence-corrected chi connectivity index (χ3v) is 6.70. The topological polar surface area (TPSA) is 97.8 Å². The Kier molecular flexibility index (Phi) is 9.35. The highest BCUT2D eigenvalue weighted by atomic mass is 16.6. The largest absolute Gasteiger partial charge is 0.507 e. The number of likely N-dealkylation sites (tertiary alicyclic amines) is 1. The molecule has 1 amide bonds. The number of Topliss-reactive ketones (excluding diaryl/α,β-unsaturated/α-hetero) is 1. The summed E-state index contributed by atoms with van der Waals surface area (Å²) in [6.07, 6.45) is 2.58. The van der Waals surface area contributed by atoms with Crippen LogP contribution in [-0.2, 0) is 9.59 Å². The van der Waals surface area contributed by atoms with Crippen LogP contribution in [0, 0.1) is 0 Å². The number of hydrogen-bond donors (Lipinski definition) is 1. The van der Waals surface area contributed by atoms with E-state index in [9.17, 15) is 14.7 Å². The Labute approximate surface area is 229 Å². The Balaban J connectivity index is 1.78. The summed E-state index contributed by atoms with van der Waals surface area (Å²) >= 11 is 0. The van der Waals surface area contributed by atoms with Gasteiger partial charge in [-0.2, -0.15) is 0 Å². The molecule has 210 valence electrons. The van der Waals surface area contributed by atoms with Gasteiger partial charge in [0.1, 0.15) is 19.0 Å². The van der Waals surface area contributed by atoms with Crippen molar-refractivity contribution in [1.29, 1.82) is 0 Å². The highest BCUT2D eigenvalue weighted by Crippen LogP contribution is 2.43. The van der Waals surface area contributed by atoms with Crippen LogP contribution in [0.1, 0.15) is 50.3 Å². The van der Waals surface area contributed by atoms with Gasteiger partial charge in [-0.05, 0) is 76.3 Å². The summed E-state index contributed by atoms with van der Waals surface area (Å²) in [5.41, 5.74) is 1.06. The van der Waals surface area contributed by atoms with Crippen molar-refractivity contribution in [3.05, 3.63) is 53.1 Å². The first-order valence-corrected chi connectivity index (χ1v) is 13.6. The zero-order valence-electron chi connectivity index (χ0n) is 23.2. The summed E-state index contributed by atoms with van der Waals surface area (Å²) in [7, 11) is 3.91. The maximum absolute atomic E-state index is 13.4. The number of rotatable bonds is 12. The first-order valence-electron chi connectivity index (χ1n) is 13.6. The molecule has 2 aromatic rings. The third kappa shape index (κ3) is 6.30. The van der Waals surface area contributed by atoms with E-state index in [0.29, 0.717) is 73.5 Å². The average molecular weight is 539 g/mol. The number of carbonyl (C=O) groups excluding carboxylic acids is 2. The van der Waals surface area contributed by atoms with Gasteiger partial charge < -0.3 is 33.9 Å². The number of hydrogen-bond acceptors (Lipinski definition) is 8. The van der Waals surface area contributed by atoms with Crippen LogP contribution in [-0.4, -0.2) is 80.2 Å². The second kappa shape index (κ2) is 12.9. The van der Waals surface area contributed by atoms with Crippen LogP contribution in [0.2, 0.25) is 0 Å². The molecule has 0 unspecified atom stereocenters. The Bertz CT molecular complexity index is 1220. The van der Waals surface area contributed by atoms with Crippen LogP contribution in [0.3, 0.4) is 0 Å². The summed E-state index contributed by atoms with van der Waals surface area (Å²) in [6.45, 7) is 6.89. The van der Waals surface area contributed by atoms with Crippen molar-refractivity contribution in [2.45, 2.75) is 39.2 Å². The van der Waals surface area contributed by atoms with Gasteiger partial charge in [0.25, 0.3) is 11.7 Å². The van der Waals surface area contributed by atoms with Crippen molar-refractivity contribution in [3.63, 3.8) is 0 Å². The zero-order valence-corrected chi connectivity index (χ0v) is 23.2. The number of aliphatic hydroxyl groups is 1. The third-order valence-electron chi connectivity index (χ3n) is 6.70. The van der Waals surface area contributed by atoms with Crippen LogP contribution in [0.15, 0.2) is 42.0 Å². The normalized spacial score (nSPS) is 18.1. The van der Waals surface area contributed by atoms with Crippen molar-refractivity contribution in [3.8, 4) is 23.0 Å². The number of unbranched alkanes of at least 4 members (excludes halogenated alkanes) is 1. The predicted octanol–water partition coefficient (Wildman–Crippen LogP) is 4.41. The number of benzene rings is 2. The Hall–Kier alpha value is -3.72. The minimum absolute atomic E-state index is 0.0311. The molecule has 2 aliphatic heterocycles. The molecular formula is C30H38N2O7. The van der Waals surface area contributed by atoms with Gasteiger partial charge >= 0.3 is 0 Å². The van der Waals surface area contributed by atoms with E-state index in [2.05, 4.69) is 6.92 Å². The number of nitrogens with zero attached hydrogens (tertiary/aromatic N) is 2. The lowest BCUT2D eigenvalue weighted by Gasteiger charge is -2.27. The number of ketones is 1. The number of ether oxygens (including phenoxy) is 4. The first kappa shape index (κ1) is 28.3. The molecule has 4 rings (SSSR count). The van der Waals surface area contributed by atoms with Crippen LogP contribution in [0.5, 0.6) is 23.0 Å². The first-order chi connectivity index (χ1) is 18.8. The highest BCUT2D eigenvalue weighted by molar-refractivity contribution is 6.46. The van der Waals surface area contributed by atoms with Crippen molar-refractivity contribution in [2.75, 3.05) is 53.6 Å². The lowest BCUT2D eigenvalue weighted by molar-refractivity contribution is -0.139. The number of fused-ring (bicyclic) bond motifs is 1. The molecule has 1 N–H and O–H groups in total. The van der Waals surface area contributed by atoms with Crippen molar-refractivity contribution in [2.24, 2.45) is 0 Å². The van der Waals surface area contributed by atoms with Crippen LogP contribution < -0.4 is 18.9 Å². The fourth-order valence-electron chi connectivity index (χ4n) is 4.77. The van der Waals surface area contributed by atoms with Gasteiger partial charge in [-0.1, -0.05) is 19.4 Å². The fraction of sp³-hybridized carbons (Fsp3) is 0.467. The van der Waals surface area contributed by atoms with E-state index in [-0.39, 0.29) is 11.3 Å². The second-order valence-corrected chi connectivity index (χ2v) is 9.85. The van der Waals surface area contributed by atoms with Gasteiger partial charge in [-0.25, -0.2) is 0 Å². The summed E-state index contributed by atoms with van der Waals surface area (Å²) in [5.74, 6) is 0.562.